The van der Waals surface area contributed by atoms with E-state index in [0.29, 0.717) is 5.92 Å². The first-order valence-electron chi connectivity index (χ1n) is 5.95. The first-order chi connectivity index (χ1) is 8.21. The van der Waals surface area contributed by atoms with Crippen LogP contribution in [0.1, 0.15) is 24.8 Å². The van der Waals surface area contributed by atoms with Crippen LogP contribution >= 0.6 is 27.7 Å². The summed E-state index contributed by atoms with van der Waals surface area (Å²) in [5, 5.41) is 0.753. The van der Waals surface area contributed by atoms with Crippen molar-refractivity contribution in [2.24, 2.45) is 16.6 Å². The summed E-state index contributed by atoms with van der Waals surface area (Å²) in [7, 11) is 0. The predicted octanol–water partition coefficient (Wildman–Crippen LogP) is 3.51. The molecule has 1 saturated carbocycles. The zero-order valence-electron chi connectivity index (χ0n) is 9.53. The lowest BCUT2D eigenvalue weighted by Gasteiger charge is -2.36. The molecule has 17 heavy (non-hydrogen) atoms. The molecular formula is C13H15BrN2S. The van der Waals surface area contributed by atoms with Crippen molar-refractivity contribution < 1.29 is 0 Å². The van der Waals surface area contributed by atoms with Gasteiger partial charge in [-0.3, -0.25) is 4.99 Å². The number of benzene rings is 1. The molecule has 0 bridgehead atoms. The first kappa shape index (κ1) is 11.6. The molecule has 4 heteroatoms. The summed E-state index contributed by atoms with van der Waals surface area (Å²) in [5.41, 5.74) is 7.23. The molecule has 0 aromatic heterocycles. The van der Waals surface area contributed by atoms with Crippen LogP contribution in [-0.4, -0.2) is 10.9 Å². The number of nitrogens with two attached hydrogens (primary N) is 1. The SMILES string of the molecule is NC1=NC2(c3cccc(Br)c3)CCCC2CS1. The maximum Gasteiger partial charge on any atom is 0.154 e. The summed E-state index contributed by atoms with van der Waals surface area (Å²) in [6, 6.07) is 8.55. The van der Waals surface area contributed by atoms with E-state index in [0.717, 1.165) is 21.8 Å². The number of rotatable bonds is 1. The Morgan fingerprint density at radius 2 is 2.35 bits per heavy atom. The summed E-state index contributed by atoms with van der Waals surface area (Å²) in [5.74, 6) is 1.76. The highest BCUT2D eigenvalue weighted by Gasteiger charge is 2.46. The molecule has 1 heterocycles. The van der Waals surface area contributed by atoms with Gasteiger partial charge in [0.25, 0.3) is 0 Å². The third-order valence-electron chi connectivity index (χ3n) is 3.85. The lowest BCUT2D eigenvalue weighted by molar-refractivity contribution is 0.355. The van der Waals surface area contributed by atoms with Crippen LogP contribution < -0.4 is 5.73 Å². The van der Waals surface area contributed by atoms with Crippen LogP contribution in [0, 0.1) is 5.92 Å². The zero-order chi connectivity index (χ0) is 11.9. The molecule has 3 rings (SSSR count). The fraction of sp³-hybridized carbons (Fsp3) is 0.462. The van der Waals surface area contributed by atoms with Gasteiger partial charge in [0.1, 0.15) is 0 Å². The van der Waals surface area contributed by atoms with Crippen molar-refractivity contribution in [1.29, 1.82) is 0 Å². The third kappa shape index (κ3) is 1.91. The van der Waals surface area contributed by atoms with E-state index in [-0.39, 0.29) is 5.54 Å². The Morgan fingerprint density at radius 1 is 1.47 bits per heavy atom. The molecule has 0 amide bonds. The van der Waals surface area contributed by atoms with Gasteiger partial charge < -0.3 is 5.73 Å². The van der Waals surface area contributed by atoms with E-state index in [4.69, 9.17) is 10.7 Å². The second kappa shape index (κ2) is 4.32. The molecule has 90 valence electrons. The molecule has 2 N–H and O–H groups in total. The normalized spacial score (nSPS) is 32.1. The van der Waals surface area contributed by atoms with Crippen molar-refractivity contribution in [2.75, 3.05) is 5.75 Å². The number of amidine groups is 1. The molecule has 1 fully saturated rings. The Hall–Kier alpha value is -0.480. The van der Waals surface area contributed by atoms with Crippen LogP contribution in [-0.2, 0) is 5.54 Å². The van der Waals surface area contributed by atoms with Crippen molar-refractivity contribution in [3.8, 4) is 0 Å². The highest BCUT2D eigenvalue weighted by molar-refractivity contribution is 9.10. The van der Waals surface area contributed by atoms with Crippen LogP contribution in [0.2, 0.25) is 0 Å². The predicted molar refractivity (Wildman–Crippen MR) is 77.2 cm³/mol. The summed E-state index contributed by atoms with van der Waals surface area (Å²) in [6.07, 6.45) is 3.67. The van der Waals surface area contributed by atoms with Crippen molar-refractivity contribution >= 4 is 32.9 Å². The minimum absolute atomic E-state index is 0.0425. The molecule has 2 nitrogen and oxygen atoms in total. The van der Waals surface area contributed by atoms with Crippen LogP contribution in [0.15, 0.2) is 33.7 Å². The molecule has 0 radical (unpaired) electrons. The van der Waals surface area contributed by atoms with Gasteiger partial charge in [-0.05, 0) is 36.5 Å². The topological polar surface area (TPSA) is 38.4 Å². The van der Waals surface area contributed by atoms with Crippen LogP contribution in [0.25, 0.3) is 0 Å². The number of hydrogen-bond donors (Lipinski definition) is 1. The quantitative estimate of drug-likeness (QED) is 0.862. The Labute approximate surface area is 114 Å². The van der Waals surface area contributed by atoms with Crippen molar-refractivity contribution in [1.82, 2.24) is 0 Å². The van der Waals surface area contributed by atoms with Gasteiger partial charge in [-0.15, -0.1) is 0 Å². The smallest absolute Gasteiger partial charge is 0.154 e. The monoisotopic (exact) mass is 310 g/mol. The van der Waals surface area contributed by atoms with Crippen LogP contribution in [0.5, 0.6) is 0 Å². The van der Waals surface area contributed by atoms with E-state index < -0.39 is 0 Å². The minimum Gasteiger partial charge on any atom is -0.379 e. The molecule has 1 aromatic carbocycles. The average Bonchev–Trinajstić information content (AvgIpc) is 2.73. The number of thioether (sulfide) groups is 1. The van der Waals surface area contributed by atoms with E-state index in [1.54, 1.807) is 11.8 Å². The van der Waals surface area contributed by atoms with Crippen LogP contribution in [0.4, 0.5) is 0 Å². The molecular weight excluding hydrogens is 296 g/mol. The van der Waals surface area contributed by atoms with Gasteiger partial charge in [0, 0.05) is 10.2 Å². The highest BCUT2D eigenvalue weighted by atomic mass is 79.9. The molecule has 1 aromatic rings. The Bertz CT molecular complexity index is 474. The van der Waals surface area contributed by atoms with E-state index in [1.807, 2.05) is 0 Å². The Balaban J connectivity index is 2.11. The van der Waals surface area contributed by atoms with Gasteiger partial charge in [0.2, 0.25) is 0 Å². The average molecular weight is 311 g/mol. The number of fused-ring (bicyclic) bond motifs is 1. The van der Waals surface area contributed by atoms with Crippen molar-refractivity contribution in [3.05, 3.63) is 34.3 Å². The summed E-state index contributed by atoms with van der Waals surface area (Å²) >= 11 is 5.26. The molecule has 0 saturated heterocycles. The Kier molecular flexibility index (Phi) is 2.95. The molecule has 2 unspecified atom stereocenters. The van der Waals surface area contributed by atoms with Crippen LogP contribution in [0.3, 0.4) is 0 Å². The third-order valence-corrected chi connectivity index (χ3v) is 5.30. The van der Waals surface area contributed by atoms with E-state index in [2.05, 4.69) is 40.2 Å². The van der Waals surface area contributed by atoms with Gasteiger partial charge in [-0.1, -0.05) is 46.2 Å². The molecule has 0 spiro atoms. The summed E-state index contributed by atoms with van der Waals surface area (Å²) < 4.78 is 1.13. The second-order valence-corrected chi connectivity index (χ2v) is 6.74. The minimum atomic E-state index is -0.0425. The fourth-order valence-corrected chi connectivity index (χ4v) is 4.49. The molecule has 1 aliphatic carbocycles. The lowest BCUT2D eigenvalue weighted by atomic mass is 9.82. The van der Waals surface area contributed by atoms with Gasteiger partial charge >= 0.3 is 0 Å². The first-order valence-corrected chi connectivity index (χ1v) is 7.73. The van der Waals surface area contributed by atoms with Crippen molar-refractivity contribution in [3.63, 3.8) is 0 Å². The maximum atomic E-state index is 5.95. The maximum absolute atomic E-state index is 5.95. The summed E-state index contributed by atoms with van der Waals surface area (Å²) in [4.78, 5) is 4.82. The summed E-state index contributed by atoms with van der Waals surface area (Å²) in [6.45, 7) is 0. The molecule has 2 atom stereocenters. The number of halogens is 1. The fourth-order valence-electron chi connectivity index (χ4n) is 3.05. The van der Waals surface area contributed by atoms with Gasteiger partial charge in [0.05, 0.1) is 5.54 Å². The Morgan fingerprint density at radius 3 is 3.18 bits per heavy atom. The van der Waals surface area contributed by atoms with E-state index in [1.165, 1.54) is 18.4 Å². The van der Waals surface area contributed by atoms with Gasteiger partial charge in [-0.2, -0.15) is 0 Å². The van der Waals surface area contributed by atoms with E-state index >= 15 is 0 Å². The molecule has 2 aliphatic rings. The van der Waals surface area contributed by atoms with Crippen molar-refractivity contribution in [2.45, 2.75) is 24.8 Å². The standard InChI is InChI=1S/C13H15BrN2S/c14-11-5-1-3-9(7-11)13-6-2-4-10(13)8-17-12(15)16-13/h1,3,5,7,10H,2,4,6,8H2,(H2,15,16). The van der Waals surface area contributed by atoms with E-state index in [9.17, 15) is 0 Å². The highest BCUT2D eigenvalue weighted by Crippen LogP contribution is 2.50. The lowest BCUT2D eigenvalue weighted by Crippen LogP contribution is -2.36. The molecule has 1 aliphatic heterocycles. The number of nitrogens with zero attached hydrogens (tertiary/aromatic N) is 1. The largest absolute Gasteiger partial charge is 0.379 e. The zero-order valence-corrected chi connectivity index (χ0v) is 11.9. The number of hydrogen-bond acceptors (Lipinski definition) is 3. The second-order valence-electron chi connectivity index (χ2n) is 4.78. The van der Waals surface area contributed by atoms with Gasteiger partial charge in [0.15, 0.2) is 5.17 Å². The van der Waals surface area contributed by atoms with Gasteiger partial charge in [-0.25, -0.2) is 0 Å². The number of aliphatic imine (C=N–C) groups is 1.